The second kappa shape index (κ2) is 11.9. The minimum absolute atomic E-state index is 0.0303. The maximum atomic E-state index is 13.8. The number of nitrogens with zero attached hydrogens (tertiary/aromatic N) is 4. The molecule has 4 fully saturated rings. The van der Waals surface area contributed by atoms with Gasteiger partial charge in [-0.1, -0.05) is 13.8 Å². The van der Waals surface area contributed by atoms with Crippen LogP contribution in [0.1, 0.15) is 37.0 Å². The van der Waals surface area contributed by atoms with Gasteiger partial charge in [0.25, 0.3) is 5.91 Å². The molecule has 4 heterocycles. The molecule has 5 rings (SSSR count). The predicted molar refractivity (Wildman–Crippen MR) is 148 cm³/mol. The number of carbonyl (C=O) groups is 4. The maximum absolute atomic E-state index is 13.8. The first kappa shape index (κ1) is 27.4. The predicted octanol–water partition coefficient (Wildman–Crippen LogP) is 0.120. The number of anilines is 1. The molecule has 0 aliphatic carbocycles. The first-order valence-corrected chi connectivity index (χ1v) is 14.3. The summed E-state index contributed by atoms with van der Waals surface area (Å²) in [5.41, 5.74) is 1.57. The Hall–Kier alpha value is -3.18. The van der Waals surface area contributed by atoms with Crippen molar-refractivity contribution in [2.75, 3.05) is 70.3 Å². The average Bonchev–Trinajstić information content (AvgIpc) is 3.54. The van der Waals surface area contributed by atoms with E-state index in [9.17, 15) is 19.2 Å². The number of carbonyl (C=O) groups excluding carboxylic acids is 4. The minimum Gasteiger partial charge on any atom is -0.369 e. The molecule has 0 spiro atoms. The van der Waals surface area contributed by atoms with Crippen LogP contribution in [0.5, 0.6) is 0 Å². The van der Waals surface area contributed by atoms with Gasteiger partial charge in [-0.15, -0.1) is 0 Å². The van der Waals surface area contributed by atoms with Gasteiger partial charge in [0.15, 0.2) is 5.78 Å². The van der Waals surface area contributed by atoms with E-state index in [1.165, 1.54) is 0 Å². The van der Waals surface area contributed by atoms with Crippen LogP contribution in [-0.4, -0.2) is 122 Å². The largest absolute Gasteiger partial charge is 0.369 e. The Morgan fingerprint density at radius 2 is 1.56 bits per heavy atom. The molecule has 3 N–H and O–H groups in total. The lowest BCUT2D eigenvalue weighted by atomic mass is 10.0. The van der Waals surface area contributed by atoms with Crippen LogP contribution in [0, 0.1) is 5.92 Å². The summed E-state index contributed by atoms with van der Waals surface area (Å²) in [4.78, 5) is 60.6. The zero-order chi connectivity index (χ0) is 27.5. The van der Waals surface area contributed by atoms with E-state index >= 15 is 0 Å². The van der Waals surface area contributed by atoms with Crippen LogP contribution < -0.4 is 20.9 Å². The zero-order valence-electron chi connectivity index (χ0n) is 23.0. The van der Waals surface area contributed by atoms with Crippen molar-refractivity contribution in [3.63, 3.8) is 0 Å². The van der Waals surface area contributed by atoms with Crippen molar-refractivity contribution in [3.8, 4) is 0 Å². The Morgan fingerprint density at radius 3 is 2.21 bits per heavy atom. The van der Waals surface area contributed by atoms with Gasteiger partial charge in [-0.25, -0.2) is 4.79 Å². The van der Waals surface area contributed by atoms with Gasteiger partial charge in [0, 0.05) is 70.2 Å². The molecule has 0 saturated carbocycles. The minimum atomic E-state index is -0.741. The second-order valence-electron chi connectivity index (χ2n) is 11.4. The van der Waals surface area contributed by atoms with Crippen LogP contribution in [0.15, 0.2) is 24.3 Å². The number of rotatable bonds is 6. The monoisotopic (exact) mass is 539 g/mol. The molecule has 39 heavy (non-hydrogen) atoms. The van der Waals surface area contributed by atoms with Gasteiger partial charge >= 0.3 is 6.03 Å². The lowest BCUT2D eigenvalue weighted by Crippen LogP contribution is -2.54. The van der Waals surface area contributed by atoms with Crippen LogP contribution >= 0.6 is 0 Å². The van der Waals surface area contributed by atoms with E-state index in [2.05, 4.69) is 20.9 Å². The third kappa shape index (κ3) is 5.89. The van der Waals surface area contributed by atoms with Crippen molar-refractivity contribution in [2.45, 2.75) is 44.8 Å². The highest BCUT2D eigenvalue weighted by Gasteiger charge is 2.53. The molecule has 11 heteroatoms. The number of likely N-dealkylation sites (tertiary alicyclic amines) is 2. The van der Waals surface area contributed by atoms with Crippen LogP contribution in [0.25, 0.3) is 0 Å². The molecule has 4 saturated heterocycles. The molecule has 3 unspecified atom stereocenters. The number of nitrogens with one attached hydrogen (secondary N) is 3. The quantitative estimate of drug-likeness (QED) is 0.470. The summed E-state index contributed by atoms with van der Waals surface area (Å²) in [6.07, 6.45) is 1.03. The number of fused-ring (bicyclic) bond motifs is 1. The van der Waals surface area contributed by atoms with Gasteiger partial charge in [-0.2, -0.15) is 0 Å². The Balaban J connectivity index is 1.25. The SMILES string of the molecule is CC(C)CC(NC(=O)c1ccc(N2CCNCC2)cc1)C(=O)N1CCC2C1C(=O)CN2C(=O)N1CCNCC1. The Labute approximate surface area is 230 Å². The number of urea groups is 1. The summed E-state index contributed by atoms with van der Waals surface area (Å²) < 4.78 is 0. The molecule has 0 radical (unpaired) electrons. The number of hydrogen-bond acceptors (Lipinski definition) is 7. The van der Waals surface area contributed by atoms with Gasteiger partial charge in [0.2, 0.25) is 5.91 Å². The molecule has 3 atom stereocenters. The summed E-state index contributed by atoms with van der Waals surface area (Å²) in [6, 6.07) is 5.69. The third-order valence-electron chi connectivity index (χ3n) is 8.26. The third-order valence-corrected chi connectivity index (χ3v) is 8.26. The fraction of sp³-hybridized carbons (Fsp3) is 0.643. The summed E-state index contributed by atoms with van der Waals surface area (Å²) in [7, 11) is 0. The molecule has 4 amide bonds. The molecule has 4 aliphatic rings. The topological polar surface area (TPSA) is 117 Å². The summed E-state index contributed by atoms with van der Waals surface area (Å²) in [5, 5.41) is 9.54. The van der Waals surface area contributed by atoms with Crippen LogP contribution in [0.4, 0.5) is 10.5 Å². The molecule has 4 aliphatic heterocycles. The van der Waals surface area contributed by atoms with Crippen molar-refractivity contribution in [2.24, 2.45) is 5.92 Å². The lowest BCUT2D eigenvalue weighted by Gasteiger charge is -2.33. The summed E-state index contributed by atoms with van der Waals surface area (Å²) in [6.45, 7) is 10.9. The summed E-state index contributed by atoms with van der Waals surface area (Å²) in [5.74, 6) is -0.484. The van der Waals surface area contributed by atoms with Crippen LogP contribution in [0.3, 0.4) is 0 Å². The Morgan fingerprint density at radius 1 is 0.923 bits per heavy atom. The van der Waals surface area contributed by atoms with Crippen molar-refractivity contribution >= 4 is 29.3 Å². The number of benzene rings is 1. The highest BCUT2D eigenvalue weighted by atomic mass is 16.2. The first-order valence-electron chi connectivity index (χ1n) is 14.3. The molecule has 0 aromatic heterocycles. The van der Waals surface area contributed by atoms with Gasteiger partial charge in [0.05, 0.1) is 12.6 Å². The molecular formula is C28H41N7O4. The smallest absolute Gasteiger partial charge is 0.320 e. The fourth-order valence-corrected chi connectivity index (χ4v) is 6.25. The highest BCUT2D eigenvalue weighted by Crippen LogP contribution is 2.31. The van der Waals surface area contributed by atoms with E-state index < -0.39 is 12.1 Å². The van der Waals surface area contributed by atoms with Gasteiger partial charge in [-0.05, 0) is 43.0 Å². The summed E-state index contributed by atoms with van der Waals surface area (Å²) >= 11 is 0. The van der Waals surface area contributed by atoms with E-state index in [-0.39, 0.29) is 42.1 Å². The Bertz CT molecular complexity index is 1070. The first-order chi connectivity index (χ1) is 18.8. The van der Waals surface area contributed by atoms with Gasteiger partial charge in [-0.3, -0.25) is 14.4 Å². The van der Waals surface area contributed by atoms with Crippen molar-refractivity contribution in [1.82, 2.24) is 30.7 Å². The number of ketones is 1. The van der Waals surface area contributed by atoms with Crippen molar-refractivity contribution < 1.29 is 19.2 Å². The standard InChI is InChI=1S/C28H41N7O4/c1-19(2)17-22(31-26(37)20-3-5-21(6-4-20)32-13-8-29-9-14-32)27(38)34-12-7-23-25(34)24(36)18-35(23)28(39)33-15-10-30-11-16-33/h3-6,19,22-23,25,29-30H,7-18H2,1-2H3,(H,31,37). The van der Waals surface area contributed by atoms with Crippen LogP contribution in [0.2, 0.25) is 0 Å². The molecule has 11 nitrogen and oxygen atoms in total. The second-order valence-corrected chi connectivity index (χ2v) is 11.4. The number of Topliss-reactive ketones (excluding diaryl/α,β-unsaturated/α-hetero) is 1. The zero-order valence-corrected chi connectivity index (χ0v) is 23.0. The van der Waals surface area contributed by atoms with Crippen molar-refractivity contribution in [3.05, 3.63) is 29.8 Å². The molecular weight excluding hydrogens is 498 g/mol. The van der Waals surface area contributed by atoms with Gasteiger partial charge in [0.1, 0.15) is 12.1 Å². The molecule has 0 bridgehead atoms. The normalized spacial score (nSPS) is 24.2. The van der Waals surface area contributed by atoms with E-state index in [1.54, 1.807) is 26.8 Å². The molecule has 1 aromatic carbocycles. The number of piperazine rings is 2. The number of hydrogen-bond donors (Lipinski definition) is 3. The molecule has 1 aromatic rings. The fourth-order valence-electron chi connectivity index (χ4n) is 6.25. The van der Waals surface area contributed by atoms with Crippen molar-refractivity contribution in [1.29, 1.82) is 0 Å². The molecule has 212 valence electrons. The van der Waals surface area contributed by atoms with E-state index in [1.807, 2.05) is 26.0 Å². The van der Waals surface area contributed by atoms with E-state index in [0.29, 0.717) is 38.0 Å². The maximum Gasteiger partial charge on any atom is 0.320 e. The number of amides is 4. The van der Waals surface area contributed by atoms with Crippen LogP contribution in [-0.2, 0) is 9.59 Å². The van der Waals surface area contributed by atoms with Gasteiger partial charge < -0.3 is 35.6 Å². The van der Waals surface area contributed by atoms with E-state index in [4.69, 9.17) is 0 Å². The highest BCUT2D eigenvalue weighted by molar-refractivity contribution is 6.00. The Kier molecular flexibility index (Phi) is 8.37. The average molecular weight is 540 g/mol. The van der Waals surface area contributed by atoms with E-state index in [0.717, 1.165) is 45.0 Å². The lowest BCUT2D eigenvalue weighted by molar-refractivity contribution is -0.138.